The number of carbonyl (C=O) groups is 1. The molecule has 0 atom stereocenters. The minimum Gasteiger partial charge on any atom is -0.325 e. The van der Waals surface area contributed by atoms with Crippen molar-refractivity contribution in [3.63, 3.8) is 0 Å². The van der Waals surface area contributed by atoms with Crippen molar-refractivity contribution in [3.8, 4) is 0 Å². The summed E-state index contributed by atoms with van der Waals surface area (Å²) >= 11 is 0. The van der Waals surface area contributed by atoms with Gasteiger partial charge in [-0.25, -0.2) is 8.42 Å². The van der Waals surface area contributed by atoms with E-state index in [1.165, 1.54) is 16.6 Å². The Bertz CT molecular complexity index is 1280. The summed E-state index contributed by atoms with van der Waals surface area (Å²) in [5.41, 5.74) is 1.38. The first-order valence-corrected chi connectivity index (χ1v) is 11.8. The SMILES string of the molecule is CCN(CC)S(=O)(=O)c1ccc(=O)n(CC(=O)Nc2ccc(N=Nc3ccccc3)cc2)c1. The largest absolute Gasteiger partial charge is 0.325 e. The highest BCUT2D eigenvalue weighted by Gasteiger charge is 2.22. The van der Waals surface area contributed by atoms with E-state index in [0.717, 1.165) is 16.3 Å². The molecule has 0 saturated carbocycles. The molecule has 0 aliphatic carbocycles. The van der Waals surface area contributed by atoms with Gasteiger partial charge in [0.25, 0.3) is 5.56 Å². The van der Waals surface area contributed by atoms with Crippen LogP contribution in [0.1, 0.15) is 13.8 Å². The molecule has 2 aromatic carbocycles. The molecular weight excluding hydrogens is 442 g/mol. The van der Waals surface area contributed by atoms with Crippen LogP contribution in [-0.2, 0) is 21.4 Å². The number of aromatic nitrogens is 1. The first kappa shape index (κ1) is 24.0. The zero-order valence-electron chi connectivity index (χ0n) is 18.4. The van der Waals surface area contributed by atoms with Crippen molar-refractivity contribution in [2.45, 2.75) is 25.3 Å². The van der Waals surface area contributed by atoms with Gasteiger partial charge in [0, 0.05) is 31.0 Å². The van der Waals surface area contributed by atoms with E-state index in [2.05, 4.69) is 15.5 Å². The number of hydrogen-bond donors (Lipinski definition) is 1. The second-order valence-electron chi connectivity index (χ2n) is 7.05. The molecule has 9 nitrogen and oxygen atoms in total. The van der Waals surface area contributed by atoms with Gasteiger partial charge in [0.1, 0.15) is 6.54 Å². The molecule has 1 N–H and O–H groups in total. The molecule has 0 aliphatic heterocycles. The standard InChI is InChI=1S/C23H25N5O4S/c1-3-28(4-2)33(31,32)21-14-15-23(30)27(16-21)17-22(29)24-18-10-12-20(13-11-18)26-25-19-8-6-5-7-9-19/h5-16H,3-4,17H2,1-2H3,(H,24,29). The molecule has 0 saturated heterocycles. The smallest absolute Gasteiger partial charge is 0.251 e. The summed E-state index contributed by atoms with van der Waals surface area (Å²) in [5, 5.41) is 11.0. The molecule has 0 unspecified atom stereocenters. The van der Waals surface area contributed by atoms with Crippen molar-refractivity contribution < 1.29 is 13.2 Å². The fourth-order valence-electron chi connectivity index (χ4n) is 3.07. The Morgan fingerprint density at radius 3 is 2.12 bits per heavy atom. The summed E-state index contributed by atoms with van der Waals surface area (Å²) in [6, 6.07) is 18.4. The number of hydrogen-bond acceptors (Lipinski definition) is 6. The predicted octanol–water partition coefficient (Wildman–Crippen LogP) is 3.93. The topological polar surface area (TPSA) is 113 Å². The Morgan fingerprint density at radius 1 is 0.909 bits per heavy atom. The van der Waals surface area contributed by atoms with Gasteiger partial charge < -0.3 is 9.88 Å². The van der Waals surface area contributed by atoms with Crippen molar-refractivity contribution in [1.29, 1.82) is 0 Å². The third-order valence-electron chi connectivity index (χ3n) is 4.80. The van der Waals surface area contributed by atoms with Crippen LogP contribution in [0, 0.1) is 0 Å². The summed E-state index contributed by atoms with van der Waals surface area (Å²) in [6.07, 6.45) is 1.20. The predicted molar refractivity (Wildman–Crippen MR) is 126 cm³/mol. The molecule has 0 bridgehead atoms. The van der Waals surface area contributed by atoms with Crippen molar-refractivity contribution in [3.05, 3.63) is 83.3 Å². The Kier molecular flexibility index (Phi) is 7.86. The summed E-state index contributed by atoms with van der Waals surface area (Å²) in [6.45, 7) is 3.76. The minimum absolute atomic E-state index is 0.0354. The van der Waals surface area contributed by atoms with Crippen molar-refractivity contribution in [2.24, 2.45) is 10.2 Å². The average Bonchev–Trinajstić information content (AvgIpc) is 2.81. The number of carbonyl (C=O) groups excluding carboxylic acids is 1. The highest BCUT2D eigenvalue weighted by molar-refractivity contribution is 7.89. The van der Waals surface area contributed by atoms with Gasteiger partial charge in [-0.15, -0.1) is 0 Å². The van der Waals surface area contributed by atoms with Crippen LogP contribution in [-0.4, -0.2) is 36.3 Å². The van der Waals surface area contributed by atoms with Crippen LogP contribution >= 0.6 is 0 Å². The van der Waals surface area contributed by atoms with E-state index in [1.807, 2.05) is 30.3 Å². The molecule has 0 spiro atoms. The van der Waals surface area contributed by atoms with E-state index in [0.29, 0.717) is 24.5 Å². The summed E-state index contributed by atoms with van der Waals surface area (Å²) in [7, 11) is -3.74. The zero-order valence-corrected chi connectivity index (χ0v) is 19.2. The van der Waals surface area contributed by atoms with Gasteiger partial charge in [-0.05, 0) is 42.5 Å². The van der Waals surface area contributed by atoms with Gasteiger partial charge in [0.2, 0.25) is 15.9 Å². The first-order valence-electron chi connectivity index (χ1n) is 10.4. The van der Waals surface area contributed by atoms with Crippen LogP contribution in [0.25, 0.3) is 0 Å². The highest BCUT2D eigenvalue weighted by Crippen LogP contribution is 2.20. The summed E-state index contributed by atoms with van der Waals surface area (Å²) < 4.78 is 27.8. The fourth-order valence-corrected chi connectivity index (χ4v) is 4.55. The molecule has 3 aromatic rings. The van der Waals surface area contributed by atoms with Crippen molar-refractivity contribution >= 4 is 33.0 Å². The highest BCUT2D eigenvalue weighted by atomic mass is 32.2. The molecule has 1 aromatic heterocycles. The van der Waals surface area contributed by atoms with Crippen LogP contribution in [0.4, 0.5) is 17.1 Å². The van der Waals surface area contributed by atoms with Gasteiger partial charge in [0.15, 0.2) is 0 Å². The lowest BCUT2D eigenvalue weighted by Crippen LogP contribution is -2.33. The van der Waals surface area contributed by atoms with E-state index in [-0.39, 0.29) is 11.4 Å². The lowest BCUT2D eigenvalue weighted by molar-refractivity contribution is -0.116. The van der Waals surface area contributed by atoms with Crippen LogP contribution in [0.2, 0.25) is 0 Å². The number of amides is 1. The van der Waals surface area contributed by atoms with Gasteiger partial charge in [0.05, 0.1) is 16.3 Å². The third kappa shape index (κ3) is 6.21. The summed E-state index contributed by atoms with van der Waals surface area (Å²) in [4.78, 5) is 24.6. The Morgan fingerprint density at radius 2 is 1.52 bits per heavy atom. The monoisotopic (exact) mass is 467 g/mol. The number of rotatable bonds is 9. The molecule has 1 heterocycles. The van der Waals surface area contributed by atoms with Crippen LogP contribution in [0.3, 0.4) is 0 Å². The molecular formula is C23H25N5O4S. The minimum atomic E-state index is -3.74. The molecule has 172 valence electrons. The fraction of sp³-hybridized carbons (Fsp3) is 0.217. The maximum absolute atomic E-state index is 12.7. The van der Waals surface area contributed by atoms with E-state index < -0.39 is 21.5 Å². The Hall–Kier alpha value is -3.63. The molecule has 3 rings (SSSR count). The lowest BCUT2D eigenvalue weighted by Gasteiger charge is -2.19. The van der Waals surface area contributed by atoms with Crippen LogP contribution in [0.15, 0.2) is 92.8 Å². The van der Waals surface area contributed by atoms with E-state index in [4.69, 9.17) is 0 Å². The van der Waals surface area contributed by atoms with Crippen LogP contribution < -0.4 is 10.9 Å². The molecule has 0 radical (unpaired) electrons. The molecule has 1 amide bonds. The molecule has 33 heavy (non-hydrogen) atoms. The quantitative estimate of drug-likeness (QED) is 0.480. The number of sulfonamides is 1. The zero-order chi connectivity index (χ0) is 23.8. The number of azo groups is 1. The van der Waals surface area contributed by atoms with E-state index in [1.54, 1.807) is 38.1 Å². The molecule has 0 aliphatic rings. The van der Waals surface area contributed by atoms with E-state index in [9.17, 15) is 18.0 Å². The summed E-state index contributed by atoms with van der Waals surface area (Å²) in [5.74, 6) is -0.465. The van der Waals surface area contributed by atoms with Crippen molar-refractivity contribution in [1.82, 2.24) is 8.87 Å². The number of nitrogens with one attached hydrogen (secondary N) is 1. The molecule has 0 fully saturated rings. The number of pyridine rings is 1. The van der Waals surface area contributed by atoms with Crippen LogP contribution in [0.5, 0.6) is 0 Å². The maximum Gasteiger partial charge on any atom is 0.251 e. The van der Waals surface area contributed by atoms with Gasteiger partial charge >= 0.3 is 0 Å². The Balaban J connectivity index is 1.68. The number of nitrogens with zero attached hydrogens (tertiary/aromatic N) is 4. The second kappa shape index (κ2) is 10.8. The van der Waals surface area contributed by atoms with Gasteiger partial charge in [-0.1, -0.05) is 32.0 Å². The first-order chi connectivity index (χ1) is 15.8. The average molecular weight is 468 g/mol. The van der Waals surface area contributed by atoms with E-state index >= 15 is 0 Å². The number of benzene rings is 2. The van der Waals surface area contributed by atoms with Gasteiger partial charge in [-0.2, -0.15) is 14.5 Å². The maximum atomic E-state index is 12.7. The Labute approximate surface area is 192 Å². The van der Waals surface area contributed by atoms with Crippen molar-refractivity contribution in [2.75, 3.05) is 18.4 Å². The van der Waals surface area contributed by atoms with Gasteiger partial charge in [-0.3, -0.25) is 9.59 Å². The molecule has 10 heteroatoms. The lowest BCUT2D eigenvalue weighted by atomic mass is 10.3. The third-order valence-corrected chi connectivity index (χ3v) is 6.84. The number of anilines is 1. The normalized spacial score (nSPS) is 11.7. The second-order valence-corrected chi connectivity index (χ2v) is 8.99.